The van der Waals surface area contributed by atoms with Crippen LogP contribution in [0.5, 0.6) is 0 Å². The number of nitrogens with zero attached hydrogens (tertiary/aromatic N) is 2. The van der Waals surface area contributed by atoms with E-state index in [-0.39, 0.29) is 5.78 Å². The molecule has 108 valence electrons. The first-order valence-corrected chi connectivity index (χ1v) is 9.39. The summed E-state index contributed by atoms with van der Waals surface area (Å²) in [5.41, 5.74) is 5.35. The molecule has 1 heterocycles. The standard InChI is InChI=1S/C16H24N2OSi/c1-12(2)20(13(3)4,14(5)6)10-8-16(19)15-7-9-17-11-18-15/h7,9,11-14H,1-6H3. The van der Waals surface area contributed by atoms with Gasteiger partial charge in [0.2, 0.25) is 0 Å². The molecule has 0 N–H and O–H groups in total. The Hall–Kier alpha value is -1.47. The first-order chi connectivity index (χ1) is 9.32. The second kappa shape index (κ2) is 6.80. The lowest BCUT2D eigenvalue weighted by atomic mass is 10.3. The van der Waals surface area contributed by atoms with Gasteiger partial charge in [-0.05, 0) is 28.6 Å². The van der Waals surface area contributed by atoms with Crippen molar-refractivity contribution in [3.63, 3.8) is 0 Å². The Morgan fingerprint density at radius 1 is 1.10 bits per heavy atom. The van der Waals surface area contributed by atoms with Gasteiger partial charge < -0.3 is 0 Å². The van der Waals surface area contributed by atoms with Crippen molar-refractivity contribution in [1.29, 1.82) is 0 Å². The average molecular weight is 288 g/mol. The van der Waals surface area contributed by atoms with Crippen LogP contribution >= 0.6 is 0 Å². The number of carbonyl (C=O) groups excluding carboxylic acids is 1. The molecule has 1 aromatic rings. The molecule has 0 bridgehead atoms. The molecule has 0 saturated carbocycles. The van der Waals surface area contributed by atoms with E-state index in [0.717, 1.165) is 0 Å². The van der Waals surface area contributed by atoms with Gasteiger partial charge in [0.15, 0.2) is 0 Å². The van der Waals surface area contributed by atoms with Crippen LogP contribution in [0.4, 0.5) is 0 Å². The molecular formula is C16H24N2OSi. The van der Waals surface area contributed by atoms with Crippen molar-refractivity contribution >= 4 is 13.9 Å². The monoisotopic (exact) mass is 288 g/mol. The van der Waals surface area contributed by atoms with Crippen LogP contribution in [-0.4, -0.2) is 23.8 Å². The van der Waals surface area contributed by atoms with Crippen molar-refractivity contribution < 1.29 is 4.79 Å². The van der Waals surface area contributed by atoms with Crippen LogP contribution in [0.25, 0.3) is 0 Å². The SMILES string of the molecule is CC(C)[Si](C#CC(=O)c1ccncn1)(C(C)C)C(C)C. The first kappa shape index (κ1) is 16.6. The lowest BCUT2D eigenvalue weighted by Gasteiger charge is -2.37. The molecule has 0 amide bonds. The average Bonchev–Trinajstić information content (AvgIpc) is 2.38. The highest BCUT2D eigenvalue weighted by Gasteiger charge is 2.41. The van der Waals surface area contributed by atoms with Crippen LogP contribution in [0.1, 0.15) is 52.0 Å². The van der Waals surface area contributed by atoms with E-state index in [9.17, 15) is 4.79 Å². The van der Waals surface area contributed by atoms with Gasteiger partial charge >= 0.3 is 0 Å². The summed E-state index contributed by atoms with van der Waals surface area (Å²) in [4.78, 5) is 19.9. The Morgan fingerprint density at radius 2 is 1.65 bits per heavy atom. The van der Waals surface area contributed by atoms with Crippen LogP contribution in [-0.2, 0) is 0 Å². The molecule has 0 aliphatic heterocycles. The van der Waals surface area contributed by atoms with Gasteiger partial charge in [-0.3, -0.25) is 4.79 Å². The number of rotatable bonds is 4. The van der Waals surface area contributed by atoms with E-state index in [1.807, 2.05) is 0 Å². The van der Waals surface area contributed by atoms with Crippen molar-refractivity contribution in [1.82, 2.24) is 9.97 Å². The zero-order valence-electron chi connectivity index (χ0n) is 13.3. The second-order valence-corrected chi connectivity index (χ2v) is 11.7. The predicted molar refractivity (Wildman–Crippen MR) is 85.2 cm³/mol. The minimum atomic E-state index is -1.85. The third-order valence-electron chi connectivity index (χ3n) is 4.07. The Balaban J connectivity index is 3.15. The fourth-order valence-electron chi connectivity index (χ4n) is 3.09. The van der Waals surface area contributed by atoms with Crippen molar-refractivity contribution in [3.05, 3.63) is 24.3 Å². The Bertz CT molecular complexity index is 490. The van der Waals surface area contributed by atoms with Gasteiger partial charge in [-0.1, -0.05) is 41.5 Å². The predicted octanol–water partition coefficient (Wildman–Crippen LogP) is 3.88. The van der Waals surface area contributed by atoms with Gasteiger partial charge in [0, 0.05) is 6.20 Å². The van der Waals surface area contributed by atoms with Gasteiger partial charge in [0.1, 0.15) is 20.1 Å². The van der Waals surface area contributed by atoms with E-state index in [1.54, 1.807) is 12.3 Å². The Morgan fingerprint density at radius 3 is 2.05 bits per heavy atom. The quantitative estimate of drug-likeness (QED) is 0.480. The maximum absolute atomic E-state index is 12.1. The first-order valence-electron chi connectivity index (χ1n) is 7.15. The molecule has 20 heavy (non-hydrogen) atoms. The molecule has 0 fully saturated rings. The maximum atomic E-state index is 12.1. The smallest absolute Gasteiger partial charge is 0.253 e. The normalized spacial score (nSPS) is 11.7. The molecule has 0 radical (unpaired) electrons. The topological polar surface area (TPSA) is 42.9 Å². The van der Waals surface area contributed by atoms with Crippen molar-refractivity contribution in [2.45, 2.75) is 58.2 Å². The fourth-order valence-corrected chi connectivity index (χ4v) is 8.28. The van der Waals surface area contributed by atoms with E-state index in [1.165, 1.54) is 6.33 Å². The second-order valence-electron chi connectivity index (χ2n) is 6.07. The van der Waals surface area contributed by atoms with Crippen molar-refractivity contribution in [3.8, 4) is 11.5 Å². The molecule has 0 aliphatic rings. The van der Waals surface area contributed by atoms with Crippen molar-refractivity contribution in [2.75, 3.05) is 0 Å². The number of Topliss-reactive ketones (excluding diaryl/α,β-unsaturated/α-hetero) is 1. The van der Waals surface area contributed by atoms with Gasteiger partial charge in [0.05, 0.1) is 0 Å². The number of hydrogen-bond donors (Lipinski definition) is 0. The summed E-state index contributed by atoms with van der Waals surface area (Å²) in [6.07, 6.45) is 2.95. The number of ketones is 1. The molecule has 3 nitrogen and oxygen atoms in total. The summed E-state index contributed by atoms with van der Waals surface area (Å²) in [5, 5.41) is 0. The van der Waals surface area contributed by atoms with Crippen LogP contribution < -0.4 is 0 Å². The summed E-state index contributed by atoms with van der Waals surface area (Å²) < 4.78 is 0. The largest absolute Gasteiger partial charge is 0.277 e. The molecule has 0 atom stereocenters. The highest BCUT2D eigenvalue weighted by atomic mass is 28.3. The van der Waals surface area contributed by atoms with Crippen LogP contribution in [0.2, 0.25) is 16.6 Å². The van der Waals surface area contributed by atoms with Crippen LogP contribution in [0.15, 0.2) is 18.6 Å². The zero-order valence-corrected chi connectivity index (χ0v) is 14.3. The molecule has 0 unspecified atom stereocenters. The summed E-state index contributed by atoms with van der Waals surface area (Å²) in [7, 11) is -1.85. The number of hydrogen-bond acceptors (Lipinski definition) is 3. The minimum absolute atomic E-state index is 0.203. The van der Waals surface area contributed by atoms with E-state index < -0.39 is 8.07 Å². The van der Waals surface area contributed by atoms with Gasteiger partial charge in [-0.2, -0.15) is 0 Å². The summed E-state index contributed by atoms with van der Waals surface area (Å²) >= 11 is 0. The highest BCUT2D eigenvalue weighted by Crippen LogP contribution is 2.40. The number of aromatic nitrogens is 2. The van der Waals surface area contributed by atoms with Crippen molar-refractivity contribution in [2.24, 2.45) is 0 Å². The summed E-state index contributed by atoms with van der Waals surface area (Å²) in [6, 6.07) is 1.61. The molecule has 4 heteroatoms. The van der Waals surface area contributed by atoms with E-state index in [4.69, 9.17) is 0 Å². The lowest BCUT2D eigenvalue weighted by molar-refractivity contribution is 0.105. The third-order valence-corrected chi connectivity index (χ3v) is 10.4. The summed E-state index contributed by atoms with van der Waals surface area (Å²) in [5.74, 6) is 2.66. The van der Waals surface area contributed by atoms with E-state index in [2.05, 4.69) is 63.0 Å². The Kier molecular flexibility index (Phi) is 5.64. The van der Waals surface area contributed by atoms with Crippen LogP contribution in [0, 0.1) is 11.5 Å². The van der Waals surface area contributed by atoms with Gasteiger partial charge in [0.25, 0.3) is 5.78 Å². The van der Waals surface area contributed by atoms with Crippen LogP contribution in [0.3, 0.4) is 0 Å². The minimum Gasteiger partial charge on any atom is -0.277 e. The molecular weight excluding hydrogens is 264 g/mol. The summed E-state index contributed by atoms with van der Waals surface area (Å²) in [6.45, 7) is 13.4. The lowest BCUT2D eigenvalue weighted by Crippen LogP contribution is -2.43. The Labute approximate surface area is 123 Å². The molecule has 0 saturated heterocycles. The fraction of sp³-hybridized carbons (Fsp3) is 0.562. The molecule has 1 aromatic heterocycles. The van der Waals surface area contributed by atoms with Gasteiger partial charge in [-0.25, -0.2) is 9.97 Å². The third kappa shape index (κ3) is 3.34. The molecule has 0 spiro atoms. The number of carbonyl (C=O) groups is 1. The highest BCUT2D eigenvalue weighted by molar-refractivity contribution is 6.90. The van der Waals surface area contributed by atoms with E-state index in [0.29, 0.717) is 22.3 Å². The molecule has 0 aliphatic carbocycles. The molecule has 1 rings (SSSR count). The van der Waals surface area contributed by atoms with Gasteiger partial charge in [-0.15, -0.1) is 5.54 Å². The van der Waals surface area contributed by atoms with E-state index >= 15 is 0 Å². The zero-order chi connectivity index (χ0) is 15.3. The molecule has 0 aromatic carbocycles. The maximum Gasteiger partial charge on any atom is 0.253 e.